The predicted molar refractivity (Wildman–Crippen MR) is 57.7 cm³/mol. The molecule has 1 aromatic rings. The monoisotopic (exact) mass is 206 g/mol. The highest BCUT2D eigenvalue weighted by molar-refractivity contribution is 5.99. The standard InChI is InChI=1S/C11H14N2O2/c1-12-6-10(14)7-3-2-4-9-8(7)5-11(15)13-9/h2-4,10,12,14H,5-6H2,1H3,(H,13,15). The summed E-state index contributed by atoms with van der Waals surface area (Å²) in [6.45, 7) is 0.491. The van der Waals surface area contributed by atoms with Crippen LogP contribution in [0.25, 0.3) is 0 Å². The van der Waals surface area contributed by atoms with Crippen molar-refractivity contribution in [2.45, 2.75) is 12.5 Å². The van der Waals surface area contributed by atoms with E-state index in [-0.39, 0.29) is 5.91 Å². The number of aliphatic hydroxyl groups excluding tert-OH is 1. The van der Waals surface area contributed by atoms with Crippen molar-refractivity contribution in [2.75, 3.05) is 18.9 Å². The third-order valence-electron chi connectivity index (χ3n) is 2.58. The van der Waals surface area contributed by atoms with Crippen LogP contribution in [0, 0.1) is 0 Å². The van der Waals surface area contributed by atoms with Gasteiger partial charge in [0.2, 0.25) is 5.91 Å². The molecular formula is C11H14N2O2. The first-order chi connectivity index (χ1) is 7.22. The van der Waals surface area contributed by atoms with Gasteiger partial charge in [0, 0.05) is 12.2 Å². The van der Waals surface area contributed by atoms with Crippen molar-refractivity contribution in [1.29, 1.82) is 0 Å². The average molecular weight is 206 g/mol. The van der Waals surface area contributed by atoms with Crippen LogP contribution < -0.4 is 10.6 Å². The Bertz CT molecular complexity index is 390. The summed E-state index contributed by atoms with van der Waals surface area (Å²) in [4.78, 5) is 11.2. The molecule has 0 fully saturated rings. The van der Waals surface area contributed by atoms with Crippen molar-refractivity contribution in [3.05, 3.63) is 29.3 Å². The average Bonchev–Trinajstić information content (AvgIpc) is 2.57. The number of likely N-dealkylation sites (N-methyl/N-ethyl adjacent to an activating group) is 1. The van der Waals surface area contributed by atoms with Gasteiger partial charge in [-0.1, -0.05) is 12.1 Å². The van der Waals surface area contributed by atoms with Gasteiger partial charge in [-0.25, -0.2) is 0 Å². The van der Waals surface area contributed by atoms with Gasteiger partial charge in [-0.05, 0) is 24.2 Å². The number of benzene rings is 1. The number of rotatable bonds is 3. The molecule has 1 aliphatic rings. The molecule has 1 heterocycles. The molecule has 1 atom stereocenters. The molecule has 3 N–H and O–H groups in total. The minimum Gasteiger partial charge on any atom is -0.387 e. The highest BCUT2D eigenvalue weighted by Crippen LogP contribution is 2.29. The van der Waals surface area contributed by atoms with Gasteiger partial charge in [-0.3, -0.25) is 4.79 Å². The maximum atomic E-state index is 11.2. The van der Waals surface area contributed by atoms with Crippen molar-refractivity contribution < 1.29 is 9.90 Å². The molecule has 0 bridgehead atoms. The highest BCUT2D eigenvalue weighted by atomic mass is 16.3. The molecule has 2 rings (SSSR count). The van der Waals surface area contributed by atoms with Gasteiger partial charge in [-0.2, -0.15) is 0 Å². The van der Waals surface area contributed by atoms with Crippen molar-refractivity contribution in [1.82, 2.24) is 5.32 Å². The number of carbonyl (C=O) groups is 1. The molecule has 0 saturated carbocycles. The van der Waals surface area contributed by atoms with Crippen LogP contribution in [0.5, 0.6) is 0 Å². The molecule has 1 amide bonds. The molecule has 80 valence electrons. The Morgan fingerprint density at radius 3 is 3.13 bits per heavy atom. The summed E-state index contributed by atoms with van der Waals surface area (Å²) in [6.07, 6.45) is -0.190. The molecule has 0 aliphatic carbocycles. The van der Waals surface area contributed by atoms with E-state index in [2.05, 4.69) is 10.6 Å². The lowest BCUT2D eigenvalue weighted by Gasteiger charge is -2.13. The zero-order valence-corrected chi connectivity index (χ0v) is 8.58. The Morgan fingerprint density at radius 2 is 2.40 bits per heavy atom. The van der Waals surface area contributed by atoms with E-state index in [9.17, 15) is 9.90 Å². The molecule has 0 radical (unpaired) electrons. The first-order valence-electron chi connectivity index (χ1n) is 4.96. The van der Waals surface area contributed by atoms with Gasteiger partial charge in [0.15, 0.2) is 0 Å². The lowest BCUT2D eigenvalue weighted by Crippen LogP contribution is -2.17. The molecular weight excluding hydrogens is 192 g/mol. The highest BCUT2D eigenvalue weighted by Gasteiger charge is 2.22. The molecule has 4 nitrogen and oxygen atoms in total. The third-order valence-corrected chi connectivity index (χ3v) is 2.58. The van der Waals surface area contributed by atoms with Crippen LogP contribution in [-0.2, 0) is 11.2 Å². The molecule has 0 saturated heterocycles. The van der Waals surface area contributed by atoms with Gasteiger partial charge in [-0.15, -0.1) is 0 Å². The second-order valence-corrected chi connectivity index (χ2v) is 3.67. The number of nitrogens with one attached hydrogen (secondary N) is 2. The fraction of sp³-hybridized carbons (Fsp3) is 0.364. The molecule has 1 aromatic carbocycles. The van der Waals surface area contributed by atoms with Crippen LogP contribution in [0.2, 0.25) is 0 Å². The molecule has 0 spiro atoms. The normalized spacial score (nSPS) is 16.0. The van der Waals surface area contributed by atoms with E-state index in [1.807, 2.05) is 18.2 Å². The summed E-state index contributed by atoms with van der Waals surface area (Å²) in [6, 6.07) is 5.57. The zero-order valence-electron chi connectivity index (χ0n) is 8.58. The number of aliphatic hydroxyl groups is 1. The number of amides is 1. The molecule has 4 heteroatoms. The lowest BCUT2D eigenvalue weighted by molar-refractivity contribution is -0.115. The van der Waals surface area contributed by atoms with E-state index < -0.39 is 6.10 Å². The van der Waals surface area contributed by atoms with Crippen LogP contribution in [-0.4, -0.2) is 24.6 Å². The number of fused-ring (bicyclic) bond motifs is 1. The van der Waals surface area contributed by atoms with Crippen LogP contribution in [0.1, 0.15) is 17.2 Å². The van der Waals surface area contributed by atoms with Crippen LogP contribution in [0.15, 0.2) is 18.2 Å². The maximum Gasteiger partial charge on any atom is 0.228 e. The number of carbonyl (C=O) groups excluding carboxylic acids is 1. The topological polar surface area (TPSA) is 61.4 Å². The Labute approximate surface area is 88.3 Å². The summed E-state index contributed by atoms with van der Waals surface area (Å²) in [5.41, 5.74) is 2.58. The Balaban J connectivity index is 2.34. The fourth-order valence-corrected chi connectivity index (χ4v) is 1.89. The lowest BCUT2D eigenvalue weighted by atomic mass is 10.00. The van der Waals surface area contributed by atoms with Crippen LogP contribution >= 0.6 is 0 Å². The van der Waals surface area contributed by atoms with Crippen LogP contribution in [0.3, 0.4) is 0 Å². The molecule has 0 aromatic heterocycles. The maximum absolute atomic E-state index is 11.2. The number of hydrogen-bond donors (Lipinski definition) is 3. The van der Waals surface area contributed by atoms with Crippen molar-refractivity contribution in [2.24, 2.45) is 0 Å². The summed E-state index contributed by atoms with van der Waals surface area (Å²) >= 11 is 0. The summed E-state index contributed by atoms with van der Waals surface area (Å²) < 4.78 is 0. The summed E-state index contributed by atoms with van der Waals surface area (Å²) in [5.74, 6) is -0.00546. The minimum absolute atomic E-state index is 0.00546. The van der Waals surface area contributed by atoms with E-state index in [0.29, 0.717) is 13.0 Å². The Hall–Kier alpha value is -1.39. The van der Waals surface area contributed by atoms with Gasteiger partial charge < -0.3 is 15.7 Å². The summed E-state index contributed by atoms with van der Waals surface area (Å²) in [5, 5.41) is 15.5. The Morgan fingerprint density at radius 1 is 1.60 bits per heavy atom. The van der Waals surface area contributed by atoms with E-state index in [1.54, 1.807) is 7.05 Å². The largest absolute Gasteiger partial charge is 0.387 e. The molecule has 1 unspecified atom stereocenters. The quantitative estimate of drug-likeness (QED) is 0.672. The Kier molecular flexibility index (Phi) is 2.70. The van der Waals surface area contributed by atoms with Gasteiger partial charge >= 0.3 is 0 Å². The predicted octanol–water partition coefficient (Wildman–Crippen LogP) is 0.434. The molecule has 15 heavy (non-hydrogen) atoms. The molecule has 1 aliphatic heterocycles. The van der Waals surface area contributed by atoms with Gasteiger partial charge in [0.1, 0.15) is 0 Å². The number of hydrogen-bond acceptors (Lipinski definition) is 3. The first-order valence-corrected chi connectivity index (χ1v) is 4.96. The van der Waals surface area contributed by atoms with E-state index >= 15 is 0 Å². The first kappa shape index (κ1) is 10.1. The second-order valence-electron chi connectivity index (χ2n) is 3.67. The van der Waals surface area contributed by atoms with E-state index in [4.69, 9.17) is 0 Å². The third kappa shape index (κ3) is 1.86. The van der Waals surface area contributed by atoms with Crippen molar-refractivity contribution in [3.8, 4) is 0 Å². The van der Waals surface area contributed by atoms with Crippen molar-refractivity contribution >= 4 is 11.6 Å². The SMILES string of the molecule is CNCC(O)c1cccc2c1CC(=O)N2. The number of anilines is 1. The van der Waals surface area contributed by atoms with E-state index in [1.165, 1.54) is 0 Å². The van der Waals surface area contributed by atoms with Crippen LogP contribution in [0.4, 0.5) is 5.69 Å². The van der Waals surface area contributed by atoms with Gasteiger partial charge in [0.05, 0.1) is 12.5 Å². The minimum atomic E-state index is -0.558. The van der Waals surface area contributed by atoms with E-state index in [0.717, 1.165) is 16.8 Å². The van der Waals surface area contributed by atoms with Gasteiger partial charge in [0.25, 0.3) is 0 Å². The second kappa shape index (κ2) is 4.00. The fourth-order valence-electron chi connectivity index (χ4n) is 1.89. The summed E-state index contributed by atoms with van der Waals surface area (Å²) in [7, 11) is 1.79. The zero-order chi connectivity index (χ0) is 10.8. The smallest absolute Gasteiger partial charge is 0.228 e. The van der Waals surface area contributed by atoms with Crippen molar-refractivity contribution in [3.63, 3.8) is 0 Å².